The minimum Gasteiger partial charge on any atom is -0.493 e. The van der Waals surface area contributed by atoms with Crippen molar-refractivity contribution in [1.82, 2.24) is 10.6 Å². The average molecular weight is 266 g/mol. The van der Waals surface area contributed by atoms with Crippen molar-refractivity contribution in [3.8, 4) is 11.5 Å². The van der Waals surface area contributed by atoms with Crippen LogP contribution in [0, 0.1) is 0 Å². The van der Waals surface area contributed by atoms with E-state index in [-0.39, 0.29) is 0 Å². The first-order valence-electron chi connectivity index (χ1n) is 7.03. The minimum atomic E-state index is 0.651. The Morgan fingerprint density at radius 2 is 1.84 bits per heavy atom. The second kappa shape index (κ2) is 9.64. The average Bonchev–Trinajstić information content (AvgIpc) is 2.44. The Hall–Kier alpha value is -1.26. The topological polar surface area (TPSA) is 42.5 Å². The third kappa shape index (κ3) is 5.94. The van der Waals surface area contributed by atoms with Crippen LogP contribution >= 0.6 is 0 Å². The number of rotatable bonds is 10. The molecule has 19 heavy (non-hydrogen) atoms. The number of benzene rings is 1. The molecular weight excluding hydrogens is 240 g/mol. The molecule has 0 saturated carbocycles. The first kappa shape index (κ1) is 15.8. The van der Waals surface area contributed by atoms with Crippen molar-refractivity contribution in [2.45, 2.75) is 26.8 Å². The molecule has 4 heteroatoms. The lowest BCUT2D eigenvalue weighted by atomic mass is 10.2. The molecule has 0 aliphatic carbocycles. The van der Waals surface area contributed by atoms with E-state index in [4.69, 9.17) is 9.47 Å². The maximum atomic E-state index is 5.50. The predicted molar refractivity (Wildman–Crippen MR) is 79.0 cm³/mol. The van der Waals surface area contributed by atoms with Crippen LogP contribution in [0.1, 0.15) is 25.8 Å². The molecule has 0 saturated heterocycles. The van der Waals surface area contributed by atoms with Gasteiger partial charge in [0.15, 0.2) is 11.5 Å². The molecule has 1 rings (SSSR count). The quantitative estimate of drug-likeness (QED) is 0.637. The highest BCUT2D eigenvalue weighted by molar-refractivity contribution is 5.42. The van der Waals surface area contributed by atoms with Crippen molar-refractivity contribution < 1.29 is 9.47 Å². The van der Waals surface area contributed by atoms with Crippen LogP contribution in [0.3, 0.4) is 0 Å². The summed E-state index contributed by atoms with van der Waals surface area (Å²) in [6, 6.07) is 6.07. The third-order valence-corrected chi connectivity index (χ3v) is 2.81. The van der Waals surface area contributed by atoms with Gasteiger partial charge in [0.1, 0.15) is 0 Å². The Bertz CT molecular complexity index is 356. The van der Waals surface area contributed by atoms with E-state index in [2.05, 4.69) is 23.6 Å². The summed E-state index contributed by atoms with van der Waals surface area (Å²) >= 11 is 0. The van der Waals surface area contributed by atoms with Gasteiger partial charge in [-0.3, -0.25) is 0 Å². The summed E-state index contributed by atoms with van der Waals surface area (Å²) in [5.74, 6) is 1.61. The van der Waals surface area contributed by atoms with Gasteiger partial charge in [0.05, 0.1) is 13.7 Å². The normalized spacial score (nSPS) is 10.5. The molecule has 0 amide bonds. The summed E-state index contributed by atoms with van der Waals surface area (Å²) in [4.78, 5) is 0. The van der Waals surface area contributed by atoms with E-state index in [9.17, 15) is 0 Å². The van der Waals surface area contributed by atoms with Gasteiger partial charge in [-0.2, -0.15) is 0 Å². The monoisotopic (exact) mass is 266 g/mol. The fraction of sp³-hybridized carbons (Fsp3) is 0.600. The second-order valence-electron chi connectivity index (χ2n) is 4.30. The van der Waals surface area contributed by atoms with Gasteiger partial charge >= 0.3 is 0 Å². The molecule has 0 fully saturated rings. The molecule has 0 radical (unpaired) electrons. The smallest absolute Gasteiger partial charge is 0.161 e. The van der Waals surface area contributed by atoms with Crippen LogP contribution in [-0.4, -0.2) is 33.4 Å². The standard InChI is InChI=1S/C15H26N2O2/c1-4-16-9-6-10-17-12-13-7-8-14(19-5-2)15(11-13)18-3/h7-8,11,16-17H,4-6,9-10,12H2,1-3H3. The van der Waals surface area contributed by atoms with Crippen LogP contribution in [-0.2, 0) is 6.54 Å². The Balaban J connectivity index is 2.37. The lowest BCUT2D eigenvalue weighted by Crippen LogP contribution is -2.21. The van der Waals surface area contributed by atoms with Crippen LogP contribution in [0.15, 0.2) is 18.2 Å². The molecule has 1 aromatic rings. The van der Waals surface area contributed by atoms with Gasteiger partial charge < -0.3 is 20.1 Å². The van der Waals surface area contributed by atoms with Crippen molar-refractivity contribution in [2.24, 2.45) is 0 Å². The molecule has 0 bridgehead atoms. The molecule has 2 N–H and O–H groups in total. The summed E-state index contributed by atoms with van der Waals surface area (Å²) in [5.41, 5.74) is 1.21. The Labute approximate surface area is 116 Å². The molecule has 108 valence electrons. The Morgan fingerprint density at radius 1 is 1.05 bits per heavy atom. The van der Waals surface area contributed by atoms with Crippen LogP contribution in [0.5, 0.6) is 11.5 Å². The largest absolute Gasteiger partial charge is 0.493 e. The summed E-state index contributed by atoms with van der Waals surface area (Å²) in [5, 5.41) is 6.74. The van der Waals surface area contributed by atoms with Crippen LogP contribution < -0.4 is 20.1 Å². The fourth-order valence-corrected chi connectivity index (χ4v) is 1.84. The number of hydrogen-bond donors (Lipinski definition) is 2. The predicted octanol–water partition coefficient (Wildman–Crippen LogP) is 2.18. The van der Waals surface area contributed by atoms with Gasteiger partial charge in [-0.05, 0) is 50.7 Å². The van der Waals surface area contributed by atoms with E-state index in [1.165, 1.54) is 5.56 Å². The van der Waals surface area contributed by atoms with Gasteiger partial charge in [0.25, 0.3) is 0 Å². The Morgan fingerprint density at radius 3 is 2.53 bits per heavy atom. The van der Waals surface area contributed by atoms with E-state index in [1.807, 2.05) is 19.1 Å². The van der Waals surface area contributed by atoms with Crippen molar-refractivity contribution in [3.63, 3.8) is 0 Å². The van der Waals surface area contributed by atoms with Crippen LogP contribution in [0.4, 0.5) is 0 Å². The lowest BCUT2D eigenvalue weighted by molar-refractivity contribution is 0.310. The molecule has 4 nitrogen and oxygen atoms in total. The SMILES string of the molecule is CCNCCCNCc1ccc(OCC)c(OC)c1. The molecule has 0 heterocycles. The van der Waals surface area contributed by atoms with Crippen LogP contribution in [0.25, 0.3) is 0 Å². The number of nitrogens with one attached hydrogen (secondary N) is 2. The zero-order valence-corrected chi connectivity index (χ0v) is 12.3. The zero-order chi connectivity index (χ0) is 13.9. The van der Waals surface area contributed by atoms with Crippen molar-refractivity contribution in [2.75, 3.05) is 33.4 Å². The third-order valence-electron chi connectivity index (χ3n) is 2.81. The summed E-state index contributed by atoms with van der Waals surface area (Å²) in [7, 11) is 1.67. The maximum absolute atomic E-state index is 5.50. The van der Waals surface area contributed by atoms with E-state index in [1.54, 1.807) is 7.11 Å². The van der Waals surface area contributed by atoms with E-state index >= 15 is 0 Å². The molecule has 0 unspecified atom stereocenters. The number of methoxy groups -OCH3 is 1. The molecule has 0 aromatic heterocycles. The fourth-order valence-electron chi connectivity index (χ4n) is 1.84. The zero-order valence-electron chi connectivity index (χ0n) is 12.3. The molecule has 0 aliphatic rings. The Kier molecular flexibility index (Phi) is 8.02. The van der Waals surface area contributed by atoms with Gasteiger partial charge in [-0.25, -0.2) is 0 Å². The summed E-state index contributed by atoms with van der Waals surface area (Å²) in [6.07, 6.45) is 1.14. The van der Waals surface area contributed by atoms with E-state index in [0.717, 1.165) is 44.1 Å². The number of ether oxygens (including phenoxy) is 2. The van der Waals surface area contributed by atoms with Crippen molar-refractivity contribution in [3.05, 3.63) is 23.8 Å². The molecular formula is C15H26N2O2. The first-order chi connectivity index (χ1) is 9.31. The van der Waals surface area contributed by atoms with Gasteiger partial charge in [0, 0.05) is 6.54 Å². The maximum Gasteiger partial charge on any atom is 0.161 e. The van der Waals surface area contributed by atoms with Gasteiger partial charge in [0.2, 0.25) is 0 Å². The van der Waals surface area contributed by atoms with Crippen molar-refractivity contribution in [1.29, 1.82) is 0 Å². The minimum absolute atomic E-state index is 0.651. The highest BCUT2D eigenvalue weighted by atomic mass is 16.5. The van der Waals surface area contributed by atoms with Crippen LogP contribution in [0.2, 0.25) is 0 Å². The molecule has 0 spiro atoms. The highest BCUT2D eigenvalue weighted by Crippen LogP contribution is 2.27. The first-order valence-corrected chi connectivity index (χ1v) is 7.03. The van der Waals surface area contributed by atoms with Crippen molar-refractivity contribution >= 4 is 0 Å². The van der Waals surface area contributed by atoms with Gasteiger partial charge in [-0.1, -0.05) is 13.0 Å². The highest BCUT2D eigenvalue weighted by Gasteiger charge is 2.04. The van der Waals surface area contributed by atoms with E-state index in [0.29, 0.717) is 6.61 Å². The molecule has 0 atom stereocenters. The van der Waals surface area contributed by atoms with Gasteiger partial charge in [-0.15, -0.1) is 0 Å². The summed E-state index contributed by atoms with van der Waals surface area (Å²) in [6.45, 7) is 8.72. The number of hydrogen-bond acceptors (Lipinski definition) is 4. The lowest BCUT2D eigenvalue weighted by Gasteiger charge is -2.11. The van der Waals surface area contributed by atoms with E-state index < -0.39 is 0 Å². The molecule has 0 aliphatic heterocycles. The summed E-state index contributed by atoms with van der Waals surface area (Å²) < 4.78 is 10.8. The molecule has 1 aromatic carbocycles. The second-order valence-corrected chi connectivity index (χ2v) is 4.30.